The van der Waals surface area contributed by atoms with Gasteiger partial charge < -0.3 is 4.57 Å². The van der Waals surface area contributed by atoms with Crippen molar-refractivity contribution in [1.29, 1.82) is 0 Å². The Morgan fingerprint density at radius 3 is 1.76 bits per heavy atom. The van der Waals surface area contributed by atoms with Gasteiger partial charge in [-0.1, -0.05) is 251 Å². The number of nitrogens with zero attached hydrogens (tertiary/aromatic N) is 1. The van der Waals surface area contributed by atoms with Crippen molar-refractivity contribution in [2.24, 2.45) is 11.8 Å². The molecule has 0 aliphatic heterocycles. The first kappa shape index (κ1) is 46.7. The third-order valence-electron chi connectivity index (χ3n) is 16.2. The summed E-state index contributed by atoms with van der Waals surface area (Å²) in [5.41, 5.74) is 22.8. The monoisotopic (exact) mass is 973 g/mol. The van der Waals surface area contributed by atoms with Crippen LogP contribution >= 0.6 is 0 Å². The first-order valence-corrected chi connectivity index (χ1v) is 27.0. The van der Waals surface area contributed by atoms with E-state index in [-0.39, 0.29) is 11.8 Å². The zero-order chi connectivity index (χ0) is 51.3. The summed E-state index contributed by atoms with van der Waals surface area (Å²) in [5, 5.41) is 7.54. The topological polar surface area (TPSA) is 4.93 Å². The van der Waals surface area contributed by atoms with Crippen LogP contribution < -0.4 is 0 Å². The number of hydrogen-bond acceptors (Lipinski definition) is 0. The van der Waals surface area contributed by atoms with Gasteiger partial charge in [0.05, 0.1) is 11.0 Å². The van der Waals surface area contributed by atoms with Gasteiger partial charge in [-0.15, -0.1) is 0 Å². The molecule has 0 spiro atoms. The smallest absolute Gasteiger partial charge is 0.0541 e. The molecule has 76 heavy (non-hydrogen) atoms. The molecule has 1 nitrogen and oxygen atoms in total. The van der Waals surface area contributed by atoms with Crippen LogP contribution in [0.1, 0.15) is 59.6 Å². The summed E-state index contributed by atoms with van der Waals surface area (Å²) in [6.07, 6.45) is 28.3. The molecule has 1 heteroatoms. The van der Waals surface area contributed by atoms with Crippen molar-refractivity contribution in [3.05, 3.63) is 312 Å². The summed E-state index contributed by atoms with van der Waals surface area (Å²) in [6, 6.07) is 70.2. The molecule has 3 unspecified atom stereocenters. The second-order valence-corrected chi connectivity index (χ2v) is 20.7. The van der Waals surface area contributed by atoms with Gasteiger partial charge in [-0.25, -0.2) is 0 Å². The summed E-state index contributed by atoms with van der Waals surface area (Å²) >= 11 is 0. The summed E-state index contributed by atoms with van der Waals surface area (Å²) in [6.45, 7) is 10.7. The van der Waals surface area contributed by atoms with E-state index in [1.807, 2.05) is 12.2 Å². The van der Waals surface area contributed by atoms with Gasteiger partial charge in [0.15, 0.2) is 0 Å². The Kier molecular flexibility index (Phi) is 12.1. The molecule has 10 aromatic rings. The predicted molar refractivity (Wildman–Crippen MR) is 327 cm³/mol. The Morgan fingerprint density at radius 2 is 1.14 bits per heavy atom. The number of benzene rings is 9. The minimum Gasteiger partial charge on any atom is -0.309 e. The molecule has 0 fully saturated rings. The minimum atomic E-state index is 0.0996. The number of hydrogen-bond donors (Lipinski definition) is 0. The number of para-hydroxylation sites is 2. The van der Waals surface area contributed by atoms with Crippen molar-refractivity contribution < 1.29 is 0 Å². The molecule has 364 valence electrons. The lowest BCUT2D eigenvalue weighted by molar-refractivity contribution is 0.645. The zero-order valence-corrected chi connectivity index (χ0v) is 43.4. The zero-order valence-electron chi connectivity index (χ0n) is 43.4. The van der Waals surface area contributed by atoms with E-state index in [0.717, 1.165) is 12.1 Å². The first-order chi connectivity index (χ1) is 37.5. The molecule has 1 aromatic heterocycles. The number of rotatable bonds is 10. The highest BCUT2D eigenvalue weighted by molar-refractivity contribution is 6.21. The Morgan fingerprint density at radius 1 is 0.579 bits per heavy atom. The van der Waals surface area contributed by atoms with Crippen LogP contribution in [0.4, 0.5) is 0 Å². The van der Waals surface area contributed by atoms with E-state index in [1.165, 1.54) is 127 Å². The van der Waals surface area contributed by atoms with Crippen LogP contribution in [-0.4, -0.2) is 4.57 Å². The molecule has 3 aliphatic rings. The van der Waals surface area contributed by atoms with Crippen LogP contribution in [0.5, 0.6) is 0 Å². The van der Waals surface area contributed by atoms with Gasteiger partial charge in [0, 0.05) is 28.3 Å². The first-order valence-electron chi connectivity index (χ1n) is 27.0. The van der Waals surface area contributed by atoms with Gasteiger partial charge in [0.25, 0.3) is 0 Å². The van der Waals surface area contributed by atoms with Gasteiger partial charge in [-0.2, -0.15) is 0 Å². The predicted octanol–water partition coefficient (Wildman–Crippen LogP) is 20.1. The van der Waals surface area contributed by atoms with Crippen LogP contribution in [0.25, 0.3) is 88.5 Å². The molecule has 1 heterocycles. The van der Waals surface area contributed by atoms with Crippen molar-refractivity contribution in [3.63, 3.8) is 0 Å². The lowest BCUT2D eigenvalue weighted by Gasteiger charge is -2.38. The van der Waals surface area contributed by atoms with Gasteiger partial charge in [-0.3, -0.25) is 0 Å². The fourth-order valence-corrected chi connectivity index (χ4v) is 12.7. The molecule has 0 bridgehead atoms. The normalized spacial score (nSPS) is 17.8. The van der Waals surface area contributed by atoms with Crippen LogP contribution in [0, 0.1) is 18.8 Å². The number of allylic oxidation sites excluding steroid dienone is 15. The van der Waals surface area contributed by atoms with E-state index in [2.05, 4.69) is 281 Å². The number of aryl methyl sites for hydroxylation is 1. The molecular weight excluding hydrogens is 915 g/mol. The number of fused-ring (bicyclic) bond motifs is 7. The van der Waals surface area contributed by atoms with Crippen molar-refractivity contribution in [3.8, 4) is 27.9 Å². The van der Waals surface area contributed by atoms with Crippen molar-refractivity contribution in [2.75, 3.05) is 0 Å². The van der Waals surface area contributed by atoms with Crippen molar-refractivity contribution >= 4 is 60.6 Å². The van der Waals surface area contributed by atoms with Crippen molar-refractivity contribution in [1.82, 2.24) is 4.57 Å². The highest BCUT2D eigenvalue weighted by Gasteiger charge is 2.37. The van der Waals surface area contributed by atoms with Crippen molar-refractivity contribution in [2.45, 2.75) is 33.1 Å². The molecule has 0 saturated heterocycles. The molecule has 0 radical (unpaired) electrons. The third kappa shape index (κ3) is 8.03. The third-order valence-corrected chi connectivity index (χ3v) is 16.2. The highest BCUT2D eigenvalue weighted by atomic mass is 15.0. The Hall–Kier alpha value is -9.04. The van der Waals surface area contributed by atoms with Crippen LogP contribution in [-0.2, 0) is 0 Å². The highest BCUT2D eigenvalue weighted by Crippen LogP contribution is 2.53. The standard InChI is InChI=1S/C75H59N/c1-5-7-22-54-47-58(35-34-50(54)4)74-66-30-14-15-31-67(66)75(57(20-6-2)46-55-23-9-8-21-49(55)3)69-48-56(42-45-68(69)74)51-36-38-52(39-37-51)72-62-26-10-12-28-64(62)73(65-29-13-11-27-63(65)72)53-40-43-59(44-41-53)76-70-32-18-16-24-60(70)61-25-17-19-33-71(61)76/h5,7-49,69,75H,1,6H2,2-4H3/b22-7-,55-46-,57-20+. The number of aromatic nitrogens is 1. The van der Waals surface area contributed by atoms with E-state index >= 15 is 0 Å². The van der Waals surface area contributed by atoms with E-state index in [9.17, 15) is 0 Å². The summed E-state index contributed by atoms with van der Waals surface area (Å²) < 4.78 is 2.40. The average molecular weight is 974 g/mol. The molecule has 3 aliphatic carbocycles. The fraction of sp³-hybridized carbons (Fsp3) is 0.0933. The summed E-state index contributed by atoms with van der Waals surface area (Å²) in [7, 11) is 0. The van der Waals surface area contributed by atoms with E-state index < -0.39 is 0 Å². The van der Waals surface area contributed by atoms with E-state index in [1.54, 1.807) is 0 Å². The quantitative estimate of drug-likeness (QED) is 0.0951. The van der Waals surface area contributed by atoms with Gasteiger partial charge in [0.2, 0.25) is 0 Å². The second kappa shape index (κ2) is 19.7. The Bertz CT molecular complexity index is 4110. The molecular formula is C75H59N. The van der Waals surface area contributed by atoms with Gasteiger partial charge >= 0.3 is 0 Å². The summed E-state index contributed by atoms with van der Waals surface area (Å²) in [4.78, 5) is 0. The van der Waals surface area contributed by atoms with Crippen LogP contribution in [0.2, 0.25) is 0 Å². The SMILES string of the molecule is C=C/C=C\c1cc(C2=C3C=CC(c4ccc(-c5c6ccccc6c(-c6ccc(-n7c8ccccc8c8ccccc87)cc6)c6ccccc56)cc4)=CC3C(C(=C/CC)/C=C3/C=CC=CC3C)c3ccccc32)ccc1C. The summed E-state index contributed by atoms with van der Waals surface area (Å²) in [5.74, 6) is 0.567. The maximum Gasteiger partial charge on any atom is 0.0541 e. The lowest BCUT2D eigenvalue weighted by atomic mass is 9.65. The molecule has 13 rings (SSSR count). The Balaban J connectivity index is 0.918. The molecule has 9 aromatic carbocycles. The average Bonchev–Trinajstić information content (AvgIpc) is 3.86. The van der Waals surface area contributed by atoms with Gasteiger partial charge in [0.1, 0.15) is 0 Å². The molecule has 0 amide bonds. The van der Waals surface area contributed by atoms with E-state index in [0.29, 0.717) is 5.92 Å². The van der Waals surface area contributed by atoms with Crippen LogP contribution in [0.15, 0.2) is 278 Å². The largest absolute Gasteiger partial charge is 0.309 e. The fourth-order valence-electron chi connectivity index (χ4n) is 12.7. The maximum absolute atomic E-state index is 3.97. The van der Waals surface area contributed by atoms with Crippen LogP contribution in [0.3, 0.4) is 0 Å². The molecule has 0 N–H and O–H groups in total. The molecule has 0 saturated carbocycles. The second-order valence-electron chi connectivity index (χ2n) is 20.7. The Labute approximate surface area is 447 Å². The van der Waals surface area contributed by atoms with Gasteiger partial charge in [-0.05, 0) is 155 Å². The maximum atomic E-state index is 3.97. The molecule has 3 atom stereocenters. The minimum absolute atomic E-state index is 0.0996. The van der Waals surface area contributed by atoms with E-state index in [4.69, 9.17) is 0 Å². The lowest BCUT2D eigenvalue weighted by Crippen LogP contribution is -2.24.